The van der Waals surface area contributed by atoms with Crippen molar-refractivity contribution in [2.75, 3.05) is 13.2 Å². The van der Waals surface area contributed by atoms with Crippen molar-refractivity contribution in [1.82, 2.24) is 10.6 Å². The third-order valence-corrected chi connectivity index (χ3v) is 3.04. The monoisotopic (exact) mass is 262 g/mol. The molecule has 1 fully saturated rings. The van der Waals surface area contributed by atoms with E-state index in [0.717, 1.165) is 24.8 Å². The Bertz CT molecular complexity index is 399. The minimum absolute atomic E-state index is 0.0682. The highest BCUT2D eigenvalue weighted by Crippen LogP contribution is 2.19. The summed E-state index contributed by atoms with van der Waals surface area (Å²) in [6.45, 7) is 3.71. The Kier molecular flexibility index (Phi) is 5.21. The van der Waals surface area contributed by atoms with Gasteiger partial charge in [0.25, 0.3) is 5.91 Å². The second kappa shape index (κ2) is 7.14. The molecule has 1 aromatic rings. The van der Waals surface area contributed by atoms with Crippen LogP contribution in [0.15, 0.2) is 24.3 Å². The third kappa shape index (κ3) is 5.30. The maximum atomic E-state index is 11.4. The lowest BCUT2D eigenvalue weighted by Gasteiger charge is -2.08. The van der Waals surface area contributed by atoms with Crippen molar-refractivity contribution >= 4 is 5.91 Å². The first-order valence-electron chi connectivity index (χ1n) is 6.99. The number of nitrogens with one attached hydrogen (secondary N) is 2. The van der Waals surface area contributed by atoms with Crippen LogP contribution in [0.4, 0.5) is 0 Å². The molecule has 2 N–H and O–H groups in total. The van der Waals surface area contributed by atoms with Crippen LogP contribution in [0.25, 0.3) is 0 Å². The van der Waals surface area contributed by atoms with Gasteiger partial charge in [-0.15, -0.1) is 0 Å². The van der Waals surface area contributed by atoms with E-state index in [0.29, 0.717) is 6.54 Å². The molecule has 0 spiro atoms. The van der Waals surface area contributed by atoms with Gasteiger partial charge in [0.15, 0.2) is 6.61 Å². The number of hydrogen-bond acceptors (Lipinski definition) is 3. The van der Waals surface area contributed by atoms with E-state index >= 15 is 0 Å². The summed E-state index contributed by atoms with van der Waals surface area (Å²) >= 11 is 0. The topological polar surface area (TPSA) is 50.4 Å². The van der Waals surface area contributed by atoms with Gasteiger partial charge < -0.3 is 15.4 Å². The molecule has 1 aliphatic rings. The van der Waals surface area contributed by atoms with E-state index in [1.807, 2.05) is 31.2 Å². The molecule has 4 heteroatoms. The maximum absolute atomic E-state index is 11.4. The fourth-order valence-corrected chi connectivity index (χ4v) is 1.72. The zero-order valence-corrected chi connectivity index (χ0v) is 11.4. The number of ether oxygens (including phenoxy) is 1. The van der Waals surface area contributed by atoms with E-state index in [1.165, 1.54) is 18.4 Å². The minimum atomic E-state index is -0.0682. The van der Waals surface area contributed by atoms with Crippen LogP contribution in [-0.4, -0.2) is 25.1 Å². The smallest absolute Gasteiger partial charge is 0.257 e. The number of carbonyl (C=O) groups is 1. The normalized spacial score (nSPS) is 14.2. The standard InChI is InChI=1S/C15H22N2O2/c1-2-9-16-15(18)11-19-14-7-3-12(4-8-14)10-17-13-5-6-13/h3-4,7-8,13,17H,2,5-6,9-11H2,1H3,(H,16,18). The average Bonchev–Trinajstić information content (AvgIpc) is 3.26. The molecule has 1 aromatic carbocycles. The van der Waals surface area contributed by atoms with E-state index in [2.05, 4.69) is 10.6 Å². The first kappa shape index (κ1) is 13.9. The van der Waals surface area contributed by atoms with Crippen LogP contribution in [-0.2, 0) is 11.3 Å². The van der Waals surface area contributed by atoms with Gasteiger partial charge >= 0.3 is 0 Å². The lowest BCUT2D eigenvalue weighted by Crippen LogP contribution is -2.29. The fraction of sp³-hybridized carbons (Fsp3) is 0.533. The number of hydrogen-bond donors (Lipinski definition) is 2. The minimum Gasteiger partial charge on any atom is -0.484 e. The molecule has 2 rings (SSSR count). The zero-order chi connectivity index (χ0) is 13.5. The van der Waals surface area contributed by atoms with Gasteiger partial charge in [0.1, 0.15) is 5.75 Å². The van der Waals surface area contributed by atoms with Gasteiger partial charge in [0.05, 0.1) is 0 Å². The molecule has 1 amide bonds. The Morgan fingerprint density at radius 3 is 2.68 bits per heavy atom. The molecular formula is C15H22N2O2. The summed E-state index contributed by atoms with van der Waals surface area (Å²) in [5.41, 5.74) is 1.25. The molecule has 4 nitrogen and oxygen atoms in total. The summed E-state index contributed by atoms with van der Waals surface area (Å²) in [7, 11) is 0. The Morgan fingerprint density at radius 2 is 2.05 bits per heavy atom. The Labute approximate surface area is 114 Å². The van der Waals surface area contributed by atoms with Crippen molar-refractivity contribution < 1.29 is 9.53 Å². The van der Waals surface area contributed by atoms with Crippen molar-refractivity contribution in [3.63, 3.8) is 0 Å². The van der Waals surface area contributed by atoms with Crippen LogP contribution in [0, 0.1) is 0 Å². The molecule has 0 saturated heterocycles. The largest absolute Gasteiger partial charge is 0.484 e. The van der Waals surface area contributed by atoms with Gasteiger partial charge in [-0.05, 0) is 37.0 Å². The number of carbonyl (C=O) groups excluding carboxylic acids is 1. The summed E-state index contributed by atoms with van der Waals surface area (Å²) in [5, 5.41) is 6.24. The molecule has 1 aliphatic carbocycles. The molecule has 0 heterocycles. The Hall–Kier alpha value is -1.55. The summed E-state index contributed by atoms with van der Waals surface area (Å²) < 4.78 is 5.43. The van der Waals surface area contributed by atoms with E-state index in [-0.39, 0.29) is 12.5 Å². The van der Waals surface area contributed by atoms with Crippen LogP contribution in [0.3, 0.4) is 0 Å². The van der Waals surface area contributed by atoms with Gasteiger partial charge in [-0.3, -0.25) is 4.79 Å². The highest BCUT2D eigenvalue weighted by Gasteiger charge is 2.19. The predicted octanol–water partition coefficient (Wildman–Crippen LogP) is 1.84. The molecule has 19 heavy (non-hydrogen) atoms. The number of rotatable bonds is 8. The summed E-state index contributed by atoms with van der Waals surface area (Å²) in [6, 6.07) is 8.62. The SMILES string of the molecule is CCCNC(=O)COc1ccc(CNC2CC2)cc1. The Morgan fingerprint density at radius 1 is 1.32 bits per heavy atom. The Balaban J connectivity index is 1.69. The number of amides is 1. The fourth-order valence-electron chi connectivity index (χ4n) is 1.72. The van der Waals surface area contributed by atoms with Crippen molar-refractivity contribution in [1.29, 1.82) is 0 Å². The first-order chi connectivity index (χ1) is 9.28. The van der Waals surface area contributed by atoms with Crippen LogP contribution < -0.4 is 15.4 Å². The molecule has 0 aromatic heterocycles. The lowest BCUT2D eigenvalue weighted by atomic mass is 10.2. The highest BCUT2D eigenvalue weighted by atomic mass is 16.5. The van der Waals surface area contributed by atoms with Crippen LogP contribution in [0.2, 0.25) is 0 Å². The van der Waals surface area contributed by atoms with Crippen molar-refractivity contribution in [2.24, 2.45) is 0 Å². The van der Waals surface area contributed by atoms with Gasteiger partial charge in [-0.2, -0.15) is 0 Å². The highest BCUT2D eigenvalue weighted by molar-refractivity contribution is 5.77. The van der Waals surface area contributed by atoms with Crippen LogP contribution in [0.5, 0.6) is 5.75 Å². The number of benzene rings is 1. The third-order valence-electron chi connectivity index (χ3n) is 3.04. The van der Waals surface area contributed by atoms with Crippen LogP contribution in [0.1, 0.15) is 31.7 Å². The summed E-state index contributed by atoms with van der Waals surface area (Å²) in [5.74, 6) is 0.670. The molecule has 1 saturated carbocycles. The average molecular weight is 262 g/mol. The van der Waals surface area contributed by atoms with E-state index in [1.54, 1.807) is 0 Å². The van der Waals surface area contributed by atoms with E-state index < -0.39 is 0 Å². The molecule has 0 atom stereocenters. The van der Waals surface area contributed by atoms with E-state index in [9.17, 15) is 4.79 Å². The molecular weight excluding hydrogens is 240 g/mol. The second-order valence-corrected chi connectivity index (χ2v) is 4.94. The second-order valence-electron chi connectivity index (χ2n) is 4.94. The van der Waals surface area contributed by atoms with E-state index in [4.69, 9.17) is 4.74 Å². The van der Waals surface area contributed by atoms with Crippen LogP contribution >= 0.6 is 0 Å². The van der Waals surface area contributed by atoms with Crippen molar-refractivity contribution in [3.05, 3.63) is 29.8 Å². The van der Waals surface area contributed by atoms with Crippen molar-refractivity contribution in [2.45, 2.75) is 38.8 Å². The predicted molar refractivity (Wildman–Crippen MR) is 75.1 cm³/mol. The zero-order valence-electron chi connectivity index (χ0n) is 11.4. The lowest BCUT2D eigenvalue weighted by molar-refractivity contribution is -0.123. The molecule has 0 unspecified atom stereocenters. The summed E-state index contributed by atoms with van der Waals surface area (Å²) in [6.07, 6.45) is 3.54. The molecule has 0 bridgehead atoms. The molecule has 104 valence electrons. The molecule has 0 radical (unpaired) electrons. The van der Waals surface area contributed by atoms with Gasteiger partial charge in [0.2, 0.25) is 0 Å². The van der Waals surface area contributed by atoms with Gasteiger partial charge in [0, 0.05) is 19.1 Å². The van der Waals surface area contributed by atoms with Gasteiger partial charge in [-0.1, -0.05) is 19.1 Å². The molecule has 0 aliphatic heterocycles. The maximum Gasteiger partial charge on any atom is 0.257 e. The quantitative estimate of drug-likeness (QED) is 0.751. The first-order valence-corrected chi connectivity index (χ1v) is 6.99. The van der Waals surface area contributed by atoms with Crippen molar-refractivity contribution in [3.8, 4) is 5.75 Å². The van der Waals surface area contributed by atoms with Gasteiger partial charge in [-0.25, -0.2) is 0 Å². The summed E-state index contributed by atoms with van der Waals surface area (Å²) in [4.78, 5) is 11.4.